The van der Waals surface area contributed by atoms with Gasteiger partial charge in [0.05, 0.1) is 11.6 Å². The fourth-order valence-corrected chi connectivity index (χ4v) is 4.21. The quantitative estimate of drug-likeness (QED) is 0.289. The third-order valence-electron chi connectivity index (χ3n) is 4.88. The average Bonchev–Trinajstić information content (AvgIpc) is 3.35. The highest BCUT2D eigenvalue weighted by Gasteiger charge is 2.19. The summed E-state index contributed by atoms with van der Waals surface area (Å²) in [5.74, 6) is 1.08. The lowest BCUT2D eigenvalue weighted by atomic mass is 10.1. The standard InChI is InChI=1S/C22H31N5OS.HI/c1-3-19-15-25-20(29-19)10-11-24-22(23-4-2)26-14-17-7-5-8-18(13-17)16-27-12-6-9-21(27)28;/h5,7-8,13,15H,3-4,6,9-12,14,16H2,1-2H3,(H2,23,24,26);1H. The third kappa shape index (κ3) is 7.54. The lowest BCUT2D eigenvalue weighted by molar-refractivity contribution is -0.128. The minimum Gasteiger partial charge on any atom is -0.357 e. The molecule has 0 atom stereocenters. The molecule has 8 heteroatoms. The molecule has 1 saturated heterocycles. The third-order valence-corrected chi connectivity index (χ3v) is 6.08. The maximum Gasteiger partial charge on any atom is 0.222 e. The summed E-state index contributed by atoms with van der Waals surface area (Å²) in [4.78, 5) is 24.3. The summed E-state index contributed by atoms with van der Waals surface area (Å²) in [6.45, 7) is 8.02. The Bertz CT molecular complexity index is 838. The summed E-state index contributed by atoms with van der Waals surface area (Å²) >= 11 is 1.78. The van der Waals surface area contributed by atoms with Gasteiger partial charge in [-0.3, -0.25) is 4.79 Å². The van der Waals surface area contributed by atoms with Gasteiger partial charge in [-0.05, 0) is 30.9 Å². The molecule has 1 aliphatic heterocycles. The van der Waals surface area contributed by atoms with E-state index >= 15 is 0 Å². The molecule has 1 aromatic heterocycles. The highest BCUT2D eigenvalue weighted by atomic mass is 127. The van der Waals surface area contributed by atoms with Crippen LogP contribution >= 0.6 is 35.3 Å². The number of nitrogens with one attached hydrogen (secondary N) is 2. The second-order valence-electron chi connectivity index (χ2n) is 7.18. The van der Waals surface area contributed by atoms with Crippen molar-refractivity contribution < 1.29 is 4.79 Å². The van der Waals surface area contributed by atoms with E-state index in [0.29, 0.717) is 19.5 Å². The molecule has 1 fully saturated rings. The molecule has 2 aromatic rings. The summed E-state index contributed by atoms with van der Waals surface area (Å²) in [5.41, 5.74) is 2.32. The van der Waals surface area contributed by atoms with Crippen molar-refractivity contribution >= 4 is 47.2 Å². The van der Waals surface area contributed by atoms with Crippen molar-refractivity contribution in [2.24, 2.45) is 4.99 Å². The SMILES string of the molecule is CCNC(=NCc1cccc(CN2CCCC2=O)c1)NCCc1ncc(CC)s1.I. The second kappa shape index (κ2) is 12.9. The Balaban J connectivity index is 0.00000320. The predicted molar refractivity (Wildman–Crippen MR) is 135 cm³/mol. The molecule has 30 heavy (non-hydrogen) atoms. The zero-order chi connectivity index (χ0) is 20.5. The Morgan fingerprint density at radius 1 is 1.27 bits per heavy atom. The number of aliphatic imine (C=N–C) groups is 1. The van der Waals surface area contributed by atoms with Crippen LogP contribution in [0.4, 0.5) is 0 Å². The Morgan fingerprint density at radius 3 is 2.80 bits per heavy atom. The van der Waals surface area contributed by atoms with Crippen LogP contribution in [0.1, 0.15) is 47.7 Å². The zero-order valence-electron chi connectivity index (χ0n) is 17.8. The van der Waals surface area contributed by atoms with E-state index in [2.05, 4.69) is 53.7 Å². The summed E-state index contributed by atoms with van der Waals surface area (Å²) in [6.07, 6.45) is 5.57. The molecule has 2 N–H and O–H groups in total. The van der Waals surface area contributed by atoms with E-state index < -0.39 is 0 Å². The molecule has 164 valence electrons. The molecule has 0 spiro atoms. The highest BCUT2D eigenvalue weighted by molar-refractivity contribution is 14.0. The van der Waals surface area contributed by atoms with Gasteiger partial charge in [-0.1, -0.05) is 31.2 Å². The van der Waals surface area contributed by atoms with E-state index in [-0.39, 0.29) is 29.9 Å². The zero-order valence-corrected chi connectivity index (χ0v) is 21.0. The van der Waals surface area contributed by atoms with Crippen molar-refractivity contribution in [2.75, 3.05) is 19.6 Å². The number of likely N-dealkylation sites (tertiary alicyclic amines) is 1. The average molecular weight is 542 g/mol. The van der Waals surface area contributed by atoms with Crippen LogP contribution in [0.3, 0.4) is 0 Å². The van der Waals surface area contributed by atoms with Gasteiger partial charge in [-0.2, -0.15) is 0 Å². The van der Waals surface area contributed by atoms with Crippen molar-refractivity contribution in [3.05, 3.63) is 51.5 Å². The Labute approximate surface area is 200 Å². The number of benzene rings is 1. The molecule has 1 aromatic carbocycles. The minimum atomic E-state index is 0. The van der Waals surface area contributed by atoms with Gasteiger partial charge in [0.15, 0.2) is 5.96 Å². The lowest BCUT2D eigenvalue weighted by Crippen LogP contribution is -2.38. The molecular weight excluding hydrogens is 509 g/mol. The maximum atomic E-state index is 11.9. The maximum absolute atomic E-state index is 11.9. The summed E-state index contributed by atoms with van der Waals surface area (Å²) in [5, 5.41) is 7.86. The fourth-order valence-electron chi connectivity index (χ4n) is 3.34. The van der Waals surface area contributed by atoms with Gasteiger partial charge < -0.3 is 15.5 Å². The van der Waals surface area contributed by atoms with Gasteiger partial charge in [0.25, 0.3) is 0 Å². The number of hydrogen-bond acceptors (Lipinski definition) is 4. The molecule has 1 amide bonds. The molecular formula is C22H32IN5OS. The van der Waals surface area contributed by atoms with Gasteiger partial charge in [-0.25, -0.2) is 9.98 Å². The van der Waals surface area contributed by atoms with E-state index in [1.54, 1.807) is 11.3 Å². The number of carbonyl (C=O) groups excluding carboxylic acids is 1. The van der Waals surface area contributed by atoms with E-state index in [1.165, 1.54) is 10.4 Å². The number of rotatable bonds is 9. The Morgan fingerprint density at radius 2 is 2.10 bits per heavy atom. The van der Waals surface area contributed by atoms with Gasteiger partial charge in [0, 0.05) is 50.1 Å². The molecule has 1 aliphatic rings. The molecule has 6 nitrogen and oxygen atoms in total. The number of aryl methyl sites for hydroxylation is 1. The van der Waals surface area contributed by atoms with Crippen molar-refractivity contribution in [1.82, 2.24) is 20.5 Å². The number of nitrogens with zero attached hydrogens (tertiary/aromatic N) is 3. The Kier molecular flexibility index (Phi) is 10.6. The van der Waals surface area contributed by atoms with E-state index in [0.717, 1.165) is 55.4 Å². The molecule has 3 rings (SSSR count). The van der Waals surface area contributed by atoms with E-state index in [4.69, 9.17) is 4.99 Å². The number of carbonyl (C=O) groups is 1. The van der Waals surface area contributed by atoms with Gasteiger partial charge in [0.1, 0.15) is 0 Å². The van der Waals surface area contributed by atoms with Gasteiger partial charge in [0.2, 0.25) is 5.91 Å². The second-order valence-corrected chi connectivity index (χ2v) is 8.38. The summed E-state index contributed by atoms with van der Waals surface area (Å²) in [7, 11) is 0. The van der Waals surface area contributed by atoms with Crippen molar-refractivity contribution in [3.63, 3.8) is 0 Å². The van der Waals surface area contributed by atoms with Gasteiger partial charge >= 0.3 is 0 Å². The number of thiazole rings is 1. The van der Waals surface area contributed by atoms with Crippen LogP contribution in [0.25, 0.3) is 0 Å². The molecule has 2 heterocycles. The monoisotopic (exact) mass is 541 g/mol. The molecule has 0 bridgehead atoms. The number of guanidine groups is 1. The smallest absolute Gasteiger partial charge is 0.222 e. The number of hydrogen-bond donors (Lipinski definition) is 2. The normalized spacial score (nSPS) is 14.0. The van der Waals surface area contributed by atoms with Crippen LogP contribution < -0.4 is 10.6 Å². The topological polar surface area (TPSA) is 69.6 Å². The lowest BCUT2D eigenvalue weighted by Gasteiger charge is -2.16. The van der Waals surface area contributed by atoms with Crippen LogP contribution in [0, 0.1) is 0 Å². The Hall–Kier alpha value is -1.68. The first-order valence-electron chi connectivity index (χ1n) is 10.5. The first-order valence-corrected chi connectivity index (χ1v) is 11.3. The summed E-state index contributed by atoms with van der Waals surface area (Å²) < 4.78 is 0. The molecule has 0 saturated carbocycles. The number of amides is 1. The number of halogens is 1. The first kappa shape index (κ1) is 24.6. The highest BCUT2D eigenvalue weighted by Crippen LogP contribution is 2.16. The van der Waals surface area contributed by atoms with Crippen LogP contribution in [0.2, 0.25) is 0 Å². The fraction of sp³-hybridized carbons (Fsp3) is 0.500. The van der Waals surface area contributed by atoms with Gasteiger partial charge in [-0.15, -0.1) is 35.3 Å². The largest absolute Gasteiger partial charge is 0.357 e. The van der Waals surface area contributed by atoms with Crippen LogP contribution in [-0.4, -0.2) is 41.4 Å². The summed E-state index contributed by atoms with van der Waals surface area (Å²) in [6, 6.07) is 8.38. The molecule has 0 aliphatic carbocycles. The van der Waals surface area contributed by atoms with Crippen LogP contribution in [-0.2, 0) is 30.7 Å². The molecule has 0 radical (unpaired) electrons. The van der Waals surface area contributed by atoms with Crippen LogP contribution in [0.5, 0.6) is 0 Å². The number of aromatic nitrogens is 1. The van der Waals surface area contributed by atoms with Crippen molar-refractivity contribution in [2.45, 2.75) is 52.6 Å². The minimum absolute atomic E-state index is 0. The predicted octanol–water partition coefficient (Wildman–Crippen LogP) is 3.74. The van der Waals surface area contributed by atoms with Crippen molar-refractivity contribution in [1.29, 1.82) is 0 Å². The van der Waals surface area contributed by atoms with Crippen LogP contribution in [0.15, 0.2) is 35.5 Å². The van der Waals surface area contributed by atoms with Crippen molar-refractivity contribution in [3.8, 4) is 0 Å². The van der Waals surface area contributed by atoms with E-state index in [1.807, 2.05) is 11.1 Å². The van der Waals surface area contributed by atoms with E-state index in [9.17, 15) is 4.79 Å². The molecule has 0 unspecified atom stereocenters. The first-order chi connectivity index (χ1) is 14.2.